The number of hydrogen-bond donors (Lipinski definition) is 0. The van der Waals surface area contributed by atoms with Gasteiger partial charge in [0.2, 0.25) is 0 Å². The summed E-state index contributed by atoms with van der Waals surface area (Å²) < 4.78 is 8.24. The third-order valence-electron chi connectivity index (χ3n) is 7.99. The topological polar surface area (TPSA) is 48.4 Å². The van der Waals surface area contributed by atoms with E-state index < -0.39 is 0 Å². The quantitative estimate of drug-likeness (QED) is 0.254. The first kappa shape index (κ1) is 27.0. The molecule has 0 amide bonds. The zero-order chi connectivity index (χ0) is 26.5. The van der Waals surface area contributed by atoms with Gasteiger partial charge in [0.25, 0.3) is 0 Å². The van der Waals surface area contributed by atoms with E-state index in [9.17, 15) is 4.91 Å². The van der Waals surface area contributed by atoms with E-state index >= 15 is 0 Å². The van der Waals surface area contributed by atoms with Crippen LogP contribution in [0.3, 0.4) is 0 Å². The number of nitroso groups, excluding NO2 is 1. The first-order valence-electron chi connectivity index (χ1n) is 13.8. The SMILES string of the molecule is C=CCc1cccc(N2CCC(C)(N=O)CC2)c1.CN1CC2=C(C1)CN(Sc1ccc3c(c1)OCCC3)C2. The summed E-state index contributed by atoms with van der Waals surface area (Å²) in [5.74, 6) is 1.10. The van der Waals surface area contributed by atoms with E-state index in [1.807, 2.05) is 24.9 Å². The van der Waals surface area contributed by atoms with Crippen molar-refractivity contribution in [3.05, 3.63) is 82.3 Å². The van der Waals surface area contributed by atoms with Crippen LogP contribution in [0.15, 0.2) is 76.3 Å². The number of likely N-dealkylation sites (N-methyl/N-ethyl adjacent to an activating group) is 1. The predicted molar refractivity (Wildman–Crippen MR) is 158 cm³/mol. The number of allylic oxidation sites excluding steroid dienone is 1. The molecule has 1 fully saturated rings. The summed E-state index contributed by atoms with van der Waals surface area (Å²) in [5, 5.41) is 3.26. The van der Waals surface area contributed by atoms with Crippen LogP contribution in [0.5, 0.6) is 5.75 Å². The van der Waals surface area contributed by atoms with Gasteiger partial charge in [0.1, 0.15) is 11.3 Å². The second-order valence-electron chi connectivity index (χ2n) is 11.2. The maximum Gasteiger partial charge on any atom is 0.123 e. The van der Waals surface area contributed by atoms with Crippen LogP contribution < -0.4 is 9.64 Å². The van der Waals surface area contributed by atoms with Crippen molar-refractivity contribution >= 4 is 17.6 Å². The summed E-state index contributed by atoms with van der Waals surface area (Å²) >= 11 is 1.88. The van der Waals surface area contributed by atoms with E-state index in [0.717, 1.165) is 83.7 Å². The lowest BCUT2D eigenvalue weighted by Gasteiger charge is -2.36. The molecule has 4 aliphatic heterocycles. The third-order valence-corrected chi connectivity index (χ3v) is 8.98. The average Bonchev–Trinajstić information content (AvgIpc) is 3.46. The van der Waals surface area contributed by atoms with Crippen molar-refractivity contribution < 1.29 is 4.74 Å². The Bertz CT molecular complexity index is 1170. The van der Waals surface area contributed by atoms with Gasteiger partial charge in [-0.1, -0.05) is 29.5 Å². The molecule has 202 valence electrons. The lowest BCUT2D eigenvalue weighted by Crippen LogP contribution is -2.41. The monoisotopic (exact) mass is 532 g/mol. The van der Waals surface area contributed by atoms with Gasteiger partial charge in [-0.25, -0.2) is 4.31 Å². The third kappa shape index (κ3) is 6.50. The van der Waals surface area contributed by atoms with Gasteiger partial charge < -0.3 is 9.64 Å². The number of nitrogens with zero attached hydrogens (tertiary/aromatic N) is 4. The van der Waals surface area contributed by atoms with Gasteiger partial charge in [-0.2, -0.15) is 4.91 Å². The van der Waals surface area contributed by atoms with Crippen molar-refractivity contribution in [2.45, 2.75) is 49.5 Å². The fourth-order valence-electron chi connectivity index (χ4n) is 5.71. The fourth-order valence-corrected chi connectivity index (χ4v) is 6.74. The molecule has 0 aliphatic carbocycles. The Hall–Kier alpha value is -2.61. The summed E-state index contributed by atoms with van der Waals surface area (Å²) in [6.45, 7) is 12.9. The number of piperidine rings is 1. The minimum absolute atomic E-state index is 0.366. The molecule has 2 aromatic carbocycles. The lowest BCUT2D eigenvalue weighted by molar-refractivity contribution is 0.287. The molecule has 0 bridgehead atoms. The molecule has 4 aliphatic rings. The van der Waals surface area contributed by atoms with E-state index in [1.54, 1.807) is 11.1 Å². The predicted octanol–water partition coefficient (Wildman–Crippen LogP) is 6.12. The standard InChI is InChI=1S/C16H20N2OS.C15H20N2O/c1-17-8-13-10-18(11-14(13)9-17)20-15-5-4-12-3-2-6-19-16(12)7-15;1-3-5-13-6-4-7-14(12-13)17-10-8-15(2,16-18)9-11-17/h4-5,7H,2-3,6,8-11H2,1H3;3-4,6-7,12H,1,5,8-11H2,2H3. The molecule has 0 N–H and O–H groups in total. The van der Waals surface area contributed by atoms with Crippen molar-refractivity contribution in [2.75, 3.05) is 57.8 Å². The van der Waals surface area contributed by atoms with Crippen molar-refractivity contribution in [3.63, 3.8) is 0 Å². The van der Waals surface area contributed by atoms with Crippen molar-refractivity contribution in [3.8, 4) is 5.75 Å². The number of anilines is 1. The minimum Gasteiger partial charge on any atom is -0.493 e. The molecule has 1 saturated heterocycles. The summed E-state index contributed by atoms with van der Waals surface area (Å²) in [4.78, 5) is 16.8. The highest BCUT2D eigenvalue weighted by atomic mass is 32.2. The summed E-state index contributed by atoms with van der Waals surface area (Å²) in [6.07, 6.45) is 6.80. The molecule has 0 atom stereocenters. The average molecular weight is 533 g/mol. The van der Waals surface area contributed by atoms with Crippen LogP contribution in [0, 0.1) is 4.91 Å². The van der Waals surface area contributed by atoms with Crippen LogP contribution in [0.25, 0.3) is 0 Å². The summed E-state index contributed by atoms with van der Waals surface area (Å²) in [5.41, 5.74) is 6.79. The second kappa shape index (κ2) is 12.1. The molecular formula is C31H40N4O2S. The highest BCUT2D eigenvalue weighted by Gasteiger charge is 2.31. The van der Waals surface area contributed by atoms with E-state index in [-0.39, 0.29) is 5.54 Å². The summed E-state index contributed by atoms with van der Waals surface area (Å²) in [7, 11) is 2.20. The number of fused-ring (bicyclic) bond motifs is 1. The van der Waals surface area contributed by atoms with Gasteiger partial charge in [-0.15, -0.1) is 6.58 Å². The molecule has 4 heterocycles. The Morgan fingerprint density at radius 2 is 1.84 bits per heavy atom. The van der Waals surface area contributed by atoms with Crippen LogP contribution >= 0.6 is 11.9 Å². The van der Waals surface area contributed by atoms with Gasteiger partial charge in [-0.3, -0.25) is 4.90 Å². The smallest absolute Gasteiger partial charge is 0.123 e. The van der Waals surface area contributed by atoms with E-state index in [1.165, 1.54) is 21.7 Å². The molecule has 6 nitrogen and oxygen atoms in total. The Morgan fingerprint density at radius 1 is 1.08 bits per heavy atom. The van der Waals surface area contributed by atoms with Gasteiger partial charge in [0, 0.05) is 49.9 Å². The molecule has 0 aromatic heterocycles. The maximum atomic E-state index is 10.8. The first-order valence-corrected chi connectivity index (χ1v) is 14.6. The van der Waals surface area contributed by atoms with Crippen molar-refractivity contribution in [1.29, 1.82) is 0 Å². The Kier molecular flexibility index (Phi) is 8.56. The number of hydrogen-bond acceptors (Lipinski definition) is 7. The van der Waals surface area contributed by atoms with Crippen molar-refractivity contribution in [1.82, 2.24) is 9.21 Å². The number of rotatable bonds is 6. The molecule has 0 saturated carbocycles. The molecule has 0 spiro atoms. The first-order chi connectivity index (χ1) is 18.4. The van der Waals surface area contributed by atoms with Crippen LogP contribution in [0.2, 0.25) is 0 Å². The molecule has 7 heteroatoms. The van der Waals surface area contributed by atoms with Crippen LogP contribution in [-0.2, 0) is 12.8 Å². The zero-order valence-electron chi connectivity index (χ0n) is 22.8. The van der Waals surface area contributed by atoms with E-state index in [0.29, 0.717) is 0 Å². The molecule has 0 unspecified atom stereocenters. The molecule has 0 radical (unpaired) electrons. The number of ether oxygens (including phenoxy) is 1. The van der Waals surface area contributed by atoms with Crippen LogP contribution in [-0.4, -0.2) is 67.7 Å². The fraction of sp³-hybridized carbons (Fsp3) is 0.484. The highest BCUT2D eigenvalue weighted by molar-refractivity contribution is 7.97. The Labute approximate surface area is 231 Å². The van der Waals surface area contributed by atoms with E-state index in [2.05, 4.69) is 75.4 Å². The summed E-state index contributed by atoms with van der Waals surface area (Å²) in [6, 6.07) is 15.2. The molecular weight excluding hydrogens is 492 g/mol. The zero-order valence-corrected chi connectivity index (χ0v) is 23.6. The Balaban J connectivity index is 0.000000156. The normalized spacial score (nSPS) is 20.7. The lowest BCUT2D eigenvalue weighted by atomic mass is 9.90. The van der Waals surface area contributed by atoms with Gasteiger partial charge in [-0.05, 0) is 105 Å². The highest BCUT2D eigenvalue weighted by Crippen LogP contribution is 2.36. The number of aryl methyl sites for hydroxylation is 1. The Morgan fingerprint density at radius 3 is 2.55 bits per heavy atom. The van der Waals surface area contributed by atoms with Crippen molar-refractivity contribution in [2.24, 2.45) is 5.18 Å². The molecule has 2 aromatic rings. The number of benzene rings is 2. The van der Waals surface area contributed by atoms with E-state index in [4.69, 9.17) is 4.74 Å². The van der Waals surface area contributed by atoms with Crippen LogP contribution in [0.4, 0.5) is 5.69 Å². The second-order valence-corrected chi connectivity index (χ2v) is 12.4. The van der Waals surface area contributed by atoms with Crippen LogP contribution in [0.1, 0.15) is 37.3 Å². The van der Waals surface area contributed by atoms with Gasteiger partial charge in [0.15, 0.2) is 0 Å². The minimum atomic E-state index is -0.366. The molecule has 38 heavy (non-hydrogen) atoms. The maximum absolute atomic E-state index is 10.8. The van der Waals surface area contributed by atoms with Gasteiger partial charge >= 0.3 is 0 Å². The molecule has 6 rings (SSSR count). The largest absolute Gasteiger partial charge is 0.493 e. The van der Waals surface area contributed by atoms with Gasteiger partial charge in [0.05, 0.1) is 6.61 Å².